The number of benzene rings is 2. The van der Waals surface area contributed by atoms with E-state index in [0.717, 1.165) is 10.8 Å². The molecule has 2 aromatic carbocycles. The molecular formula is C14H17O4P. The maximum absolute atomic E-state index is 12.7. The second kappa shape index (κ2) is 5.74. The monoisotopic (exact) mass is 280 g/mol. The van der Waals surface area contributed by atoms with Gasteiger partial charge in [-0.15, -0.1) is 0 Å². The summed E-state index contributed by atoms with van der Waals surface area (Å²) in [5.74, 6) is -0.0658. The Morgan fingerprint density at radius 3 is 2.11 bits per heavy atom. The first-order valence-electron chi connectivity index (χ1n) is 6.22. The van der Waals surface area contributed by atoms with Crippen LogP contribution in [-0.4, -0.2) is 18.3 Å². The largest absolute Gasteiger partial charge is 0.507 e. The summed E-state index contributed by atoms with van der Waals surface area (Å²) in [7, 11) is -3.46. The Kier molecular flexibility index (Phi) is 4.25. The van der Waals surface area contributed by atoms with E-state index in [1.165, 1.54) is 0 Å². The molecule has 0 bridgehead atoms. The van der Waals surface area contributed by atoms with Gasteiger partial charge >= 0.3 is 7.60 Å². The Labute approximate surface area is 112 Å². The summed E-state index contributed by atoms with van der Waals surface area (Å²) in [6.07, 6.45) is 0. The third-order valence-electron chi connectivity index (χ3n) is 2.74. The van der Waals surface area contributed by atoms with E-state index in [9.17, 15) is 9.67 Å². The van der Waals surface area contributed by atoms with Gasteiger partial charge in [0.25, 0.3) is 0 Å². The summed E-state index contributed by atoms with van der Waals surface area (Å²) in [5, 5.41) is 12.0. The smallest absolute Gasteiger partial charge is 0.365 e. The van der Waals surface area contributed by atoms with Gasteiger partial charge in [-0.3, -0.25) is 4.57 Å². The van der Waals surface area contributed by atoms with Crippen molar-refractivity contribution in [1.82, 2.24) is 0 Å². The SMILES string of the molecule is CCOP(=O)(OCC)c1cc2ccccc2cc1O. The molecule has 102 valence electrons. The molecule has 0 spiro atoms. The van der Waals surface area contributed by atoms with Crippen LogP contribution in [0.5, 0.6) is 5.75 Å². The van der Waals surface area contributed by atoms with Gasteiger partial charge in [-0.05, 0) is 36.8 Å². The lowest BCUT2D eigenvalue weighted by Gasteiger charge is -2.18. The van der Waals surface area contributed by atoms with Crippen molar-refractivity contribution in [2.45, 2.75) is 13.8 Å². The van der Waals surface area contributed by atoms with Crippen molar-refractivity contribution in [2.24, 2.45) is 0 Å². The van der Waals surface area contributed by atoms with Gasteiger partial charge in [0.1, 0.15) is 11.1 Å². The highest BCUT2D eigenvalue weighted by atomic mass is 31.2. The van der Waals surface area contributed by atoms with E-state index < -0.39 is 7.60 Å². The number of phenols is 1. The third-order valence-corrected chi connectivity index (χ3v) is 4.88. The van der Waals surface area contributed by atoms with Crippen LogP contribution < -0.4 is 5.30 Å². The molecule has 2 aromatic rings. The fraction of sp³-hybridized carbons (Fsp3) is 0.286. The van der Waals surface area contributed by atoms with Crippen LogP contribution in [0.4, 0.5) is 0 Å². The molecule has 19 heavy (non-hydrogen) atoms. The van der Waals surface area contributed by atoms with E-state index in [1.54, 1.807) is 26.0 Å². The summed E-state index contributed by atoms with van der Waals surface area (Å²) in [6.45, 7) is 3.99. The molecule has 0 aromatic heterocycles. The number of hydrogen-bond donors (Lipinski definition) is 1. The molecule has 1 N–H and O–H groups in total. The molecule has 0 radical (unpaired) electrons. The number of fused-ring (bicyclic) bond motifs is 1. The van der Waals surface area contributed by atoms with E-state index >= 15 is 0 Å². The van der Waals surface area contributed by atoms with Crippen LogP contribution in [0, 0.1) is 0 Å². The first-order chi connectivity index (χ1) is 9.10. The van der Waals surface area contributed by atoms with Crippen LogP contribution in [0.25, 0.3) is 10.8 Å². The lowest BCUT2D eigenvalue weighted by atomic mass is 10.1. The Morgan fingerprint density at radius 1 is 1.05 bits per heavy atom. The molecule has 0 aliphatic heterocycles. The topological polar surface area (TPSA) is 55.8 Å². The Hall–Kier alpha value is -1.35. The summed E-state index contributed by atoms with van der Waals surface area (Å²) in [5.41, 5.74) is 0. The first-order valence-corrected chi connectivity index (χ1v) is 7.76. The molecule has 0 aliphatic rings. The second-order valence-corrected chi connectivity index (χ2v) is 6.01. The molecule has 0 amide bonds. The van der Waals surface area contributed by atoms with Gasteiger partial charge in [0.15, 0.2) is 0 Å². The van der Waals surface area contributed by atoms with Gasteiger partial charge in [-0.1, -0.05) is 24.3 Å². The van der Waals surface area contributed by atoms with E-state index in [4.69, 9.17) is 9.05 Å². The molecule has 0 aliphatic carbocycles. The number of hydrogen-bond acceptors (Lipinski definition) is 4. The van der Waals surface area contributed by atoms with Crippen molar-refractivity contribution in [2.75, 3.05) is 13.2 Å². The molecule has 0 unspecified atom stereocenters. The minimum absolute atomic E-state index is 0.0658. The quantitative estimate of drug-likeness (QED) is 0.852. The van der Waals surface area contributed by atoms with Crippen LogP contribution in [0.3, 0.4) is 0 Å². The van der Waals surface area contributed by atoms with Gasteiger partial charge in [-0.2, -0.15) is 0 Å². The first kappa shape index (κ1) is 14.1. The maximum atomic E-state index is 12.7. The molecule has 5 heteroatoms. The van der Waals surface area contributed by atoms with Crippen molar-refractivity contribution < 1.29 is 18.7 Å². The highest BCUT2D eigenvalue weighted by Crippen LogP contribution is 2.49. The number of rotatable bonds is 5. The number of aromatic hydroxyl groups is 1. The van der Waals surface area contributed by atoms with Gasteiger partial charge in [0.05, 0.1) is 13.2 Å². The fourth-order valence-electron chi connectivity index (χ4n) is 1.95. The van der Waals surface area contributed by atoms with E-state index in [1.807, 2.05) is 24.3 Å². The highest BCUT2D eigenvalue weighted by molar-refractivity contribution is 7.62. The molecular weight excluding hydrogens is 263 g/mol. The Balaban J connectivity index is 2.59. The van der Waals surface area contributed by atoms with Crippen LogP contribution in [0.1, 0.15) is 13.8 Å². The minimum Gasteiger partial charge on any atom is -0.507 e. The van der Waals surface area contributed by atoms with Crippen molar-refractivity contribution >= 4 is 23.7 Å². The normalized spacial score (nSPS) is 11.9. The summed E-state index contributed by atoms with van der Waals surface area (Å²) in [4.78, 5) is 0. The van der Waals surface area contributed by atoms with Gasteiger partial charge in [-0.25, -0.2) is 0 Å². The van der Waals surface area contributed by atoms with Crippen molar-refractivity contribution in [1.29, 1.82) is 0 Å². The van der Waals surface area contributed by atoms with Crippen LogP contribution in [-0.2, 0) is 13.6 Å². The highest BCUT2D eigenvalue weighted by Gasteiger charge is 2.30. The Morgan fingerprint density at radius 2 is 1.58 bits per heavy atom. The molecule has 0 atom stereocenters. The van der Waals surface area contributed by atoms with Crippen molar-refractivity contribution in [3.05, 3.63) is 36.4 Å². The zero-order chi connectivity index (χ0) is 13.9. The molecule has 0 heterocycles. The fourth-order valence-corrected chi connectivity index (χ4v) is 3.63. The predicted octanol–water partition coefficient (Wildman–Crippen LogP) is 3.44. The van der Waals surface area contributed by atoms with Crippen molar-refractivity contribution in [3.63, 3.8) is 0 Å². The number of phenolic OH excluding ortho intramolecular Hbond substituents is 1. The summed E-state index contributed by atoms with van der Waals surface area (Å²) < 4.78 is 23.2. The summed E-state index contributed by atoms with van der Waals surface area (Å²) >= 11 is 0. The van der Waals surface area contributed by atoms with Gasteiger partial charge in [0, 0.05) is 0 Å². The van der Waals surface area contributed by atoms with Crippen molar-refractivity contribution in [3.8, 4) is 5.75 Å². The molecule has 2 rings (SSSR count). The molecule has 0 saturated carbocycles. The molecule has 4 nitrogen and oxygen atoms in total. The average molecular weight is 280 g/mol. The lowest BCUT2D eigenvalue weighted by Crippen LogP contribution is -2.11. The Bertz CT molecular complexity index is 614. The predicted molar refractivity (Wildman–Crippen MR) is 76.1 cm³/mol. The zero-order valence-electron chi connectivity index (χ0n) is 11.0. The second-order valence-electron chi connectivity index (χ2n) is 4.02. The lowest BCUT2D eigenvalue weighted by molar-refractivity contribution is 0.229. The van der Waals surface area contributed by atoms with Gasteiger partial charge in [0.2, 0.25) is 0 Å². The van der Waals surface area contributed by atoms with E-state index in [2.05, 4.69) is 0 Å². The van der Waals surface area contributed by atoms with Gasteiger partial charge < -0.3 is 14.2 Å². The standard InChI is InChI=1S/C14H17O4P/c1-3-17-19(16,18-4-2)14-10-12-8-6-5-7-11(12)9-13(14)15/h5-10,15H,3-4H2,1-2H3. The third kappa shape index (κ3) is 2.81. The summed E-state index contributed by atoms with van der Waals surface area (Å²) in [6, 6.07) is 10.8. The van der Waals surface area contributed by atoms with Crippen LogP contribution in [0.15, 0.2) is 36.4 Å². The van der Waals surface area contributed by atoms with E-state index in [-0.39, 0.29) is 24.3 Å². The molecule has 0 saturated heterocycles. The maximum Gasteiger partial charge on any atom is 0.365 e. The zero-order valence-corrected chi connectivity index (χ0v) is 11.9. The average Bonchev–Trinajstić information content (AvgIpc) is 2.38. The van der Waals surface area contributed by atoms with Crippen LogP contribution in [0.2, 0.25) is 0 Å². The van der Waals surface area contributed by atoms with E-state index in [0.29, 0.717) is 0 Å². The van der Waals surface area contributed by atoms with Crippen LogP contribution >= 0.6 is 7.60 Å². The minimum atomic E-state index is -3.46. The molecule has 0 fully saturated rings.